The Balaban J connectivity index is 1.41. The smallest absolute Gasteiger partial charge is 0.227 e. The molecule has 0 saturated carbocycles. The van der Waals surface area contributed by atoms with E-state index in [1.165, 1.54) is 29.9 Å². The van der Waals surface area contributed by atoms with Gasteiger partial charge in [0, 0.05) is 30.4 Å². The first-order chi connectivity index (χ1) is 10.3. The summed E-state index contributed by atoms with van der Waals surface area (Å²) in [5.41, 5.74) is 2.43. The molecule has 3 rings (SSSR count). The average Bonchev–Trinajstić information content (AvgIpc) is 2.96. The molecule has 0 aliphatic carbocycles. The molecule has 1 aromatic rings. The van der Waals surface area contributed by atoms with E-state index in [0.717, 1.165) is 31.6 Å². The molecule has 1 saturated heterocycles. The van der Waals surface area contributed by atoms with Crippen LogP contribution in [0, 0.1) is 0 Å². The first-order valence-electron chi connectivity index (χ1n) is 8.04. The second-order valence-corrected chi connectivity index (χ2v) is 7.05. The van der Waals surface area contributed by atoms with Crippen LogP contribution in [0.1, 0.15) is 31.2 Å². The van der Waals surface area contributed by atoms with E-state index in [0.29, 0.717) is 12.5 Å². The van der Waals surface area contributed by atoms with Crippen LogP contribution in [0.25, 0.3) is 0 Å². The van der Waals surface area contributed by atoms with Crippen LogP contribution < -0.4 is 10.2 Å². The number of carbonyl (C=O) groups excluding carboxylic acids is 1. The quantitative estimate of drug-likeness (QED) is 0.849. The summed E-state index contributed by atoms with van der Waals surface area (Å²) in [6, 6.07) is 8.93. The van der Waals surface area contributed by atoms with Gasteiger partial charge in [0.1, 0.15) is 0 Å². The summed E-state index contributed by atoms with van der Waals surface area (Å²) in [6.45, 7) is 1.82. The number of amides is 1. The first kappa shape index (κ1) is 14.9. The minimum Gasteiger partial charge on any atom is -0.313 e. The molecule has 2 aliphatic rings. The highest BCUT2D eigenvalue weighted by Crippen LogP contribution is 2.28. The summed E-state index contributed by atoms with van der Waals surface area (Å²) >= 11 is 2.04. The van der Waals surface area contributed by atoms with Gasteiger partial charge in [-0.3, -0.25) is 4.79 Å². The van der Waals surface area contributed by atoms with E-state index in [9.17, 15) is 4.79 Å². The SMILES string of the molecule is O=C(CCCNC1CCCSC1)N1CCc2ccccc21. The van der Waals surface area contributed by atoms with E-state index in [-0.39, 0.29) is 5.91 Å². The number of rotatable bonds is 5. The average molecular weight is 304 g/mol. The lowest BCUT2D eigenvalue weighted by Gasteiger charge is -2.23. The topological polar surface area (TPSA) is 32.3 Å². The maximum Gasteiger partial charge on any atom is 0.227 e. The number of nitrogens with one attached hydrogen (secondary N) is 1. The number of thioether (sulfide) groups is 1. The van der Waals surface area contributed by atoms with Crippen molar-refractivity contribution >= 4 is 23.4 Å². The third-order valence-corrected chi connectivity index (χ3v) is 5.56. The molecule has 1 N–H and O–H groups in total. The molecule has 1 aromatic carbocycles. The van der Waals surface area contributed by atoms with Gasteiger partial charge in [-0.25, -0.2) is 0 Å². The molecule has 1 atom stereocenters. The Bertz CT molecular complexity index is 485. The van der Waals surface area contributed by atoms with Gasteiger partial charge in [-0.2, -0.15) is 11.8 Å². The van der Waals surface area contributed by atoms with Crippen molar-refractivity contribution in [3.8, 4) is 0 Å². The third kappa shape index (κ3) is 3.80. The summed E-state index contributed by atoms with van der Waals surface area (Å²) in [5.74, 6) is 2.82. The first-order valence-corrected chi connectivity index (χ1v) is 9.19. The monoisotopic (exact) mass is 304 g/mol. The standard InChI is InChI=1S/C17H24N2OS/c20-17(8-3-10-18-15-6-4-12-21-13-15)19-11-9-14-5-1-2-7-16(14)19/h1-2,5,7,15,18H,3-4,6,8-13H2. The van der Waals surface area contributed by atoms with E-state index in [2.05, 4.69) is 23.5 Å². The fraction of sp³-hybridized carbons (Fsp3) is 0.588. The van der Waals surface area contributed by atoms with E-state index >= 15 is 0 Å². The van der Waals surface area contributed by atoms with Crippen molar-refractivity contribution in [2.75, 3.05) is 29.5 Å². The molecule has 1 amide bonds. The largest absolute Gasteiger partial charge is 0.313 e. The van der Waals surface area contributed by atoms with Crippen LogP contribution >= 0.6 is 11.8 Å². The number of hydrogen-bond donors (Lipinski definition) is 1. The van der Waals surface area contributed by atoms with E-state index in [1.54, 1.807) is 0 Å². The Morgan fingerprint density at radius 2 is 2.29 bits per heavy atom. The van der Waals surface area contributed by atoms with E-state index in [1.807, 2.05) is 22.7 Å². The van der Waals surface area contributed by atoms with Gasteiger partial charge >= 0.3 is 0 Å². The van der Waals surface area contributed by atoms with Crippen molar-refractivity contribution in [3.63, 3.8) is 0 Å². The van der Waals surface area contributed by atoms with Crippen LogP contribution in [0.4, 0.5) is 5.69 Å². The highest BCUT2D eigenvalue weighted by atomic mass is 32.2. The van der Waals surface area contributed by atoms with Gasteiger partial charge < -0.3 is 10.2 Å². The van der Waals surface area contributed by atoms with Gasteiger partial charge in [-0.05, 0) is 49.6 Å². The lowest BCUT2D eigenvalue weighted by Crippen LogP contribution is -2.35. The lowest BCUT2D eigenvalue weighted by atomic mass is 10.1. The zero-order valence-corrected chi connectivity index (χ0v) is 13.3. The predicted molar refractivity (Wildman–Crippen MR) is 90.1 cm³/mol. The number of fused-ring (bicyclic) bond motifs is 1. The molecule has 4 heteroatoms. The summed E-state index contributed by atoms with van der Waals surface area (Å²) in [7, 11) is 0. The van der Waals surface area contributed by atoms with Crippen molar-refractivity contribution < 1.29 is 4.79 Å². The number of carbonyl (C=O) groups is 1. The molecular weight excluding hydrogens is 280 g/mol. The van der Waals surface area contributed by atoms with Crippen molar-refractivity contribution in [2.24, 2.45) is 0 Å². The molecule has 0 spiro atoms. The van der Waals surface area contributed by atoms with E-state index < -0.39 is 0 Å². The van der Waals surface area contributed by atoms with E-state index in [4.69, 9.17) is 0 Å². The molecule has 2 heterocycles. The van der Waals surface area contributed by atoms with Crippen LogP contribution in [-0.2, 0) is 11.2 Å². The zero-order chi connectivity index (χ0) is 14.5. The molecule has 3 nitrogen and oxygen atoms in total. The van der Waals surface area contributed by atoms with Gasteiger partial charge in [-0.15, -0.1) is 0 Å². The second-order valence-electron chi connectivity index (χ2n) is 5.90. The number of nitrogens with zero attached hydrogens (tertiary/aromatic N) is 1. The van der Waals surface area contributed by atoms with Crippen molar-refractivity contribution in [1.29, 1.82) is 0 Å². The van der Waals surface area contributed by atoms with Crippen molar-refractivity contribution in [3.05, 3.63) is 29.8 Å². The molecule has 0 bridgehead atoms. The highest BCUT2D eigenvalue weighted by Gasteiger charge is 2.23. The summed E-state index contributed by atoms with van der Waals surface area (Å²) in [4.78, 5) is 14.3. The molecular formula is C17H24N2OS. The molecule has 0 aromatic heterocycles. The Morgan fingerprint density at radius 3 is 3.14 bits per heavy atom. The van der Waals surface area contributed by atoms with Crippen LogP contribution in [0.15, 0.2) is 24.3 Å². The van der Waals surface area contributed by atoms with Crippen LogP contribution in [-0.4, -0.2) is 36.5 Å². The minimum atomic E-state index is 0.278. The van der Waals surface area contributed by atoms with Gasteiger partial charge in [0.15, 0.2) is 0 Å². The molecule has 21 heavy (non-hydrogen) atoms. The lowest BCUT2D eigenvalue weighted by molar-refractivity contribution is -0.118. The Labute approximate surface area is 131 Å². The van der Waals surface area contributed by atoms with Crippen LogP contribution in [0.5, 0.6) is 0 Å². The molecule has 1 fully saturated rings. The zero-order valence-electron chi connectivity index (χ0n) is 12.5. The maximum atomic E-state index is 12.4. The number of hydrogen-bond acceptors (Lipinski definition) is 3. The summed E-state index contributed by atoms with van der Waals surface area (Å²) in [5, 5.41) is 3.60. The number of para-hydroxylation sites is 1. The van der Waals surface area contributed by atoms with Crippen LogP contribution in [0.3, 0.4) is 0 Å². The Hall–Kier alpha value is -1.00. The van der Waals surface area contributed by atoms with Gasteiger partial charge in [0.05, 0.1) is 0 Å². The maximum absolute atomic E-state index is 12.4. The van der Waals surface area contributed by atoms with Crippen molar-refractivity contribution in [2.45, 2.75) is 38.1 Å². The van der Waals surface area contributed by atoms with Crippen LogP contribution in [0.2, 0.25) is 0 Å². The molecule has 0 radical (unpaired) electrons. The molecule has 1 unspecified atom stereocenters. The number of anilines is 1. The Morgan fingerprint density at radius 1 is 1.38 bits per heavy atom. The normalized spacial score (nSPS) is 21.3. The van der Waals surface area contributed by atoms with Gasteiger partial charge in [0.2, 0.25) is 5.91 Å². The summed E-state index contributed by atoms with van der Waals surface area (Å²) in [6.07, 6.45) is 5.21. The van der Waals surface area contributed by atoms with Gasteiger partial charge in [0.25, 0.3) is 0 Å². The fourth-order valence-electron chi connectivity index (χ4n) is 3.18. The van der Waals surface area contributed by atoms with Crippen molar-refractivity contribution in [1.82, 2.24) is 5.32 Å². The summed E-state index contributed by atoms with van der Waals surface area (Å²) < 4.78 is 0. The third-order valence-electron chi connectivity index (χ3n) is 4.35. The Kier molecular flexibility index (Phi) is 5.20. The highest BCUT2D eigenvalue weighted by molar-refractivity contribution is 7.99. The van der Waals surface area contributed by atoms with Gasteiger partial charge in [-0.1, -0.05) is 18.2 Å². The predicted octanol–water partition coefficient (Wildman–Crippen LogP) is 2.84. The fourth-order valence-corrected chi connectivity index (χ4v) is 4.29. The second kappa shape index (κ2) is 7.32. The molecule has 2 aliphatic heterocycles. The minimum absolute atomic E-state index is 0.278. The molecule has 114 valence electrons. The number of benzene rings is 1.